The Bertz CT molecular complexity index is 396. The topological polar surface area (TPSA) is 20.3 Å². The summed E-state index contributed by atoms with van der Waals surface area (Å²) in [7, 11) is 0. The number of rotatable bonds is 4. The second-order valence-corrected chi connectivity index (χ2v) is 6.34. The molecule has 2 nitrogen and oxygen atoms in total. The van der Waals surface area contributed by atoms with Gasteiger partial charge >= 0.3 is 0 Å². The van der Waals surface area contributed by atoms with Gasteiger partial charge < -0.3 is 4.90 Å². The molecule has 0 saturated carbocycles. The Balaban J connectivity index is 2.06. The van der Waals surface area contributed by atoms with E-state index in [0.717, 1.165) is 37.6 Å². The molecule has 5 heteroatoms. The number of hydrogen-bond acceptors (Lipinski definition) is 2. The average molecular weight is 337 g/mol. The quantitative estimate of drug-likeness (QED) is 0.755. The highest BCUT2D eigenvalue weighted by atomic mass is 79.9. The van der Waals surface area contributed by atoms with Crippen LogP contribution in [0.2, 0.25) is 5.02 Å². The van der Waals surface area contributed by atoms with E-state index in [2.05, 4.69) is 15.9 Å². The Morgan fingerprint density at radius 2 is 2.47 bits per heavy atom. The van der Waals surface area contributed by atoms with Crippen molar-refractivity contribution in [3.05, 3.63) is 21.3 Å². The summed E-state index contributed by atoms with van der Waals surface area (Å²) >= 11 is 10.9. The van der Waals surface area contributed by atoms with Crippen molar-refractivity contribution in [1.82, 2.24) is 4.90 Å². The first kappa shape index (κ1) is 13.4. The van der Waals surface area contributed by atoms with Gasteiger partial charge in [-0.15, -0.1) is 11.3 Å². The van der Waals surface area contributed by atoms with Crippen molar-refractivity contribution in [2.24, 2.45) is 0 Å². The maximum Gasteiger partial charge on any atom is 0.265 e. The third-order valence-corrected chi connectivity index (χ3v) is 5.01. The second-order valence-electron chi connectivity index (χ2n) is 4.22. The molecule has 0 aromatic carbocycles. The van der Waals surface area contributed by atoms with Crippen LogP contribution < -0.4 is 0 Å². The van der Waals surface area contributed by atoms with E-state index >= 15 is 0 Å². The third-order valence-electron chi connectivity index (χ3n) is 3.12. The first-order valence-corrected chi connectivity index (χ1v) is 8.22. The molecule has 1 aliphatic heterocycles. The van der Waals surface area contributed by atoms with Gasteiger partial charge in [-0.3, -0.25) is 4.79 Å². The minimum Gasteiger partial charge on any atom is -0.335 e. The number of likely N-dealkylation sites (tertiary alicyclic amines) is 1. The third kappa shape index (κ3) is 3.04. The Hall–Kier alpha value is -0.0600. The van der Waals surface area contributed by atoms with Gasteiger partial charge in [0.25, 0.3) is 5.91 Å². The predicted molar refractivity (Wildman–Crippen MR) is 76.4 cm³/mol. The van der Waals surface area contributed by atoms with Crippen LogP contribution in [0.25, 0.3) is 0 Å². The molecule has 2 heterocycles. The van der Waals surface area contributed by atoms with Crippen LogP contribution in [0.5, 0.6) is 0 Å². The van der Waals surface area contributed by atoms with Crippen molar-refractivity contribution >= 4 is 44.8 Å². The lowest BCUT2D eigenvalue weighted by molar-refractivity contribution is 0.0735. The number of carbonyl (C=O) groups excluding carboxylic acids is 1. The number of carbonyl (C=O) groups is 1. The normalized spacial score (nSPS) is 19.9. The molecule has 1 amide bonds. The van der Waals surface area contributed by atoms with E-state index in [9.17, 15) is 4.79 Å². The molecule has 1 fully saturated rings. The molecule has 17 heavy (non-hydrogen) atoms. The van der Waals surface area contributed by atoms with E-state index in [-0.39, 0.29) is 5.91 Å². The number of thiophene rings is 1. The van der Waals surface area contributed by atoms with Crippen LogP contribution in [0.3, 0.4) is 0 Å². The molecule has 1 aromatic heterocycles. The van der Waals surface area contributed by atoms with Crippen LogP contribution in [0.15, 0.2) is 11.4 Å². The standard InChI is InChI=1S/C12H15BrClNOS/c13-6-1-3-9-4-2-7-15(9)12(16)11-10(14)5-8-17-11/h5,8-9H,1-4,6-7H2. The van der Waals surface area contributed by atoms with Gasteiger partial charge in [-0.2, -0.15) is 0 Å². The van der Waals surface area contributed by atoms with E-state index in [1.807, 2.05) is 10.3 Å². The highest BCUT2D eigenvalue weighted by Crippen LogP contribution is 2.29. The van der Waals surface area contributed by atoms with Crippen LogP contribution in [0, 0.1) is 0 Å². The van der Waals surface area contributed by atoms with Crippen LogP contribution in [0.1, 0.15) is 35.4 Å². The summed E-state index contributed by atoms with van der Waals surface area (Å²) in [4.78, 5) is 15.0. The van der Waals surface area contributed by atoms with Gasteiger partial charge in [0.05, 0.1) is 5.02 Å². The van der Waals surface area contributed by atoms with Crippen molar-refractivity contribution in [3.8, 4) is 0 Å². The lowest BCUT2D eigenvalue weighted by atomic mass is 10.1. The monoisotopic (exact) mass is 335 g/mol. The van der Waals surface area contributed by atoms with Gasteiger partial charge in [-0.25, -0.2) is 0 Å². The summed E-state index contributed by atoms with van der Waals surface area (Å²) in [5.41, 5.74) is 0. The first-order valence-electron chi connectivity index (χ1n) is 5.84. The zero-order valence-corrected chi connectivity index (χ0v) is 12.7. The molecular weight excluding hydrogens is 322 g/mol. The molecule has 1 aliphatic rings. The van der Waals surface area contributed by atoms with E-state index in [1.165, 1.54) is 11.3 Å². The molecule has 0 N–H and O–H groups in total. The lowest BCUT2D eigenvalue weighted by Crippen LogP contribution is -2.35. The highest BCUT2D eigenvalue weighted by molar-refractivity contribution is 9.09. The molecule has 94 valence electrons. The molecule has 0 aliphatic carbocycles. The maximum absolute atomic E-state index is 12.3. The Kier molecular flexibility index (Phi) is 4.88. The van der Waals surface area contributed by atoms with Crippen molar-refractivity contribution < 1.29 is 4.79 Å². The van der Waals surface area contributed by atoms with E-state index in [4.69, 9.17) is 11.6 Å². The smallest absolute Gasteiger partial charge is 0.265 e. The average Bonchev–Trinajstić information content (AvgIpc) is 2.94. The van der Waals surface area contributed by atoms with Crippen LogP contribution in [-0.4, -0.2) is 28.7 Å². The van der Waals surface area contributed by atoms with Gasteiger partial charge in [0.15, 0.2) is 0 Å². The fourth-order valence-electron chi connectivity index (χ4n) is 2.29. The highest BCUT2D eigenvalue weighted by Gasteiger charge is 2.30. The zero-order chi connectivity index (χ0) is 12.3. The SMILES string of the molecule is O=C(c1sccc1Cl)N1CCCC1CCCBr. The zero-order valence-electron chi connectivity index (χ0n) is 9.49. The molecule has 2 rings (SSSR count). The molecule has 0 spiro atoms. The van der Waals surface area contributed by atoms with Gasteiger partial charge in [-0.05, 0) is 37.1 Å². The first-order chi connectivity index (χ1) is 8.24. The van der Waals surface area contributed by atoms with Crippen molar-refractivity contribution in [1.29, 1.82) is 0 Å². The lowest BCUT2D eigenvalue weighted by Gasteiger charge is -2.24. The summed E-state index contributed by atoms with van der Waals surface area (Å²) < 4.78 is 0. The number of alkyl halides is 1. The second kappa shape index (κ2) is 6.21. The summed E-state index contributed by atoms with van der Waals surface area (Å²) in [6.45, 7) is 0.875. The van der Waals surface area contributed by atoms with Crippen molar-refractivity contribution in [3.63, 3.8) is 0 Å². The van der Waals surface area contributed by atoms with Gasteiger partial charge in [0.1, 0.15) is 4.88 Å². The summed E-state index contributed by atoms with van der Waals surface area (Å²) in [6, 6.07) is 2.20. The fraction of sp³-hybridized carbons (Fsp3) is 0.583. The van der Waals surface area contributed by atoms with E-state index in [1.54, 1.807) is 6.07 Å². The molecule has 1 atom stereocenters. The number of hydrogen-bond donors (Lipinski definition) is 0. The number of amides is 1. The molecule has 1 unspecified atom stereocenters. The number of nitrogens with zero attached hydrogens (tertiary/aromatic N) is 1. The van der Waals surface area contributed by atoms with Crippen LogP contribution >= 0.6 is 38.9 Å². The molecule has 1 saturated heterocycles. The Labute approximate surface area is 119 Å². The van der Waals surface area contributed by atoms with Gasteiger partial charge in [0.2, 0.25) is 0 Å². The van der Waals surface area contributed by atoms with Gasteiger partial charge in [0, 0.05) is 17.9 Å². The van der Waals surface area contributed by atoms with Crippen molar-refractivity contribution in [2.45, 2.75) is 31.7 Å². The molecule has 0 bridgehead atoms. The largest absolute Gasteiger partial charge is 0.335 e. The Morgan fingerprint density at radius 1 is 1.65 bits per heavy atom. The number of halogens is 2. The van der Waals surface area contributed by atoms with E-state index in [0.29, 0.717) is 15.9 Å². The summed E-state index contributed by atoms with van der Waals surface area (Å²) in [5.74, 6) is 0.113. The molecule has 0 radical (unpaired) electrons. The van der Waals surface area contributed by atoms with Crippen molar-refractivity contribution in [2.75, 3.05) is 11.9 Å². The minimum absolute atomic E-state index is 0.113. The molecular formula is C12H15BrClNOS. The van der Waals surface area contributed by atoms with Crippen LogP contribution in [-0.2, 0) is 0 Å². The van der Waals surface area contributed by atoms with Crippen LogP contribution in [0.4, 0.5) is 0 Å². The summed E-state index contributed by atoms with van der Waals surface area (Å²) in [6.07, 6.45) is 4.44. The minimum atomic E-state index is 0.113. The fourth-order valence-corrected chi connectivity index (χ4v) is 3.71. The predicted octanol–water partition coefficient (Wildman–Crippen LogP) is 4.18. The Morgan fingerprint density at radius 3 is 3.12 bits per heavy atom. The van der Waals surface area contributed by atoms with E-state index < -0.39 is 0 Å². The maximum atomic E-state index is 12.3. The molecule has 1 aromatic rings. The van der Waals surface area contributed by atoms with Gasteiger partial charge in [-0.1, -0.05) is 27.5 Å². The summed E-state index contributed by atoms with van der Waals surface area (Å²) in [5, 5.41) is 3.47.